The molecule has 18 heavy (non-hydrogen) atoms. The Labute approximate surface area is 110 Å². The molecule has 3 nitrogen and oxygen atoms in total. The fourth-order valence-corrected chi connectivity index (χ4v) is 3.71. The van der Waals surface area contributed by atoms with Crippen molar-refractivity contribution in [2.24, 2.45) is 5.41 Å². The van der Waals surface area contributed by atoms with E-state index in [4.69, 9.17) is 5.11 Å². The number of hydrogen-bond donors (Lipinski definition) is 2. The van der Waals surface area contributed by atoms with Crippen LogP contribution in [0.5, 0.6) is 0 Å². The molecule has 3 heteroatoms. The molecule has 0 unspecified atom stereocenters. The molecule has 0 aromatic heterocycles. The van der Waals surface area contributed by atoms with Crippen molar-refractivity contribution in [3.63, 3.8) is 0 Å². The summed E-state index contributed by atoms with van der Waals surface area (Å²) in [6.07, 6.45) is 12.9. The molecule has 2 rings (SSSR count). The van der Waals surface area contributed by atoms with E-state index in [0.29, 0.717) is 12.5 Å². The Hall–Kier alpha value is -0.570. The van der Waals surface area contributed by atoms with Gasteiger partial charge in [-0.1, -0.05) is 38.5 Å². The van der Waals surface area contributed by atoms with Crippen LogP contribution in [0.2, 0.25) is 0 Å². The Morgan fingerprint density at radius 1 is 1.06 bits per heavy atom. The van der Waals surface area contributed by atoms with Gasteiger partial charge >= 0.3 is 5.97 Å². The van der Waals surface area contributed by atoms with Gasteiger partial charge in [0.2, 0.25) is 0 Å². The standard InChI is InChI=1S/C15H27NO2/c17-14(18)11-15(9-5-2-6-10-15)12-16-13-7-3-1-4-8-13/h13,16H,1-12H2,(H,17,18). The second kappa shape index (κ2) is 6.55. The Kier molecular flexibility index (Phi) is 5.04. The van der Waals surface area contributed by atoms with Crippen molar-refractivity contribution in [2.45, 2.75) is 76.7 Å². The van der Waals surface area contributed by atoms with E-state index < -0.39 is 5.97 Å². The lowest BCUT2D eigenvalue weighted by Crippen LogP contribution is -2.42. The summed E-state index contributed by atoms with van der Waals surface area (Å²) < 4.78 is 0. The molecule has 2 saturated carbocycles. The van der Waals surface area contributed by atoms with Gasteiger partial charge in [-0.3, -0.25) is 4.79 Å². The number of carbonyl (C=O) groups is 1. The molecule has 0 atom stereocenters. The first-order chi connectivity index (χ1) is 8.70. The van der Waals surface area contributed by atoms with Crippen molar-refractivity contribution in [2.75, 3.05) is 6.54 Å². The van der Waals surface area contributed by atoms with Gasteiger partial charge in [0.1, 0.15) is 0 Å². The molecule has 0 spiro atoms. The second-order valence-corrected chi connectivity index (χ2v) is 6.35. The summed E-state index contributed by atoms with van der Waals surface area (Å²) in [5.41, 5.74) is 0.0432. The average Bonchev–Trinajstić information content (AvgIpc) is 2.38. The predicted molar refractivity (Wildman–Crippen MR) is 72.6 cm³/mol. The summed E-state index contributed by atoms with van der Waals surface area (Å²) in [5.74, 6) is -0.623. The quantitative estimate of drug-likeness (QED) is 0.790. The highest BCUT2D eigenvalue weighted by Gasteiger charge is 2.34. The maximum absolute atomic E-state index is 11.1. The monoisotopic (exact) mass is 253 g/mol. The van der Waals surface area contributed by atoms with Gasteiger partial charge in [0, 0.05) is 12.6 Å². The zero-order valence-electron chi connectivity index (χ0n) is 11.4. The van der Waals surface area contributed by atoms with E-state index in [2.05, 4.69) is 5.32 Å². The van der Waals surface area contributed by atoms with E-state index in [0.717, 1.165) is 19.4 Å². The third-order valence-corrected chi connectivity index (χ3v) is 4.81. The summed E-state index contributed by atoms with van der Waals surface area (Å²) in [4.78, 5) is 11.1. The second-order valence-electron chi connectivity index (χ2n) is 6.35. The van der Waals surface area contributed by atoms with Crippen LogP contribution in [0.1, 0.15) is 70.6 Å². The van der Waals surface area contributed by atoms with Gasteiger partial charge in [-0.15, -0.1) is 0 Å². The maximum Gasteiger partial charge on any atom is 0.303 e. The SMILES string of the molecule is O=C(O)CC1(CNC2CCCCC2)CCCCC1. The lowest BCUT2D eigenvalue weighted by molar-refractivity contribution is -0.140. The fourth-order valence-electron chi connectivity index (χ4n) is 3.71. The lowest BCUT2D eigenvalue weighted by atomic mass is 9.71. The van der Waals surface area contributed by atoms with Crippen molar-refractivity contribution in [3.8, 4) is 0 Å². The third kappa shape index (κ3) is 3.98. The normalized spacial score (nSPS) is 24.9. The number of aliphatic carboxylic acids is 1. The Bertz CT molecular complexity index is 266. The van der Waals surface area contributed by atoms with Crippen LogP contribution in [-0.4, -0.2) is 23.7 Å². The highest BCUT2D eigenvalue weighted by Crippen LogP contribution is 2.39. The van der Waals surface area contributed by atoms with Crippen LogP contribution in [0.3, 0.4) is 0 Å². The molecule has 0 aliphatic heterocycles. The number of nitrogens with one attached hydrogen (secondary N) is 1. The topological polar surface area (TPSA) is 49.3 Å². The first-order valence-electron chi connectivity index (χ1n) is 7.65. The summed E-state index contributed by atoms with van der Waals surface area (Å²) >= 11 is 0. The first-order valence-corrected chi connectivity index (χ1v) is 7.65. The number of hydrogen-bond acceptors (Lipinski definition) is 2. The largest absolute Gasteiger partial charge is 0.481 e. The molecule has 0 heterocycles. The molecule has 0 radical (unpaired) electrons. The summed E-state index contributed by atoms with van der Waals surface area (Å²) in [6, 6.07) is 0.645. The zero-order chi connectivity index (χ0) is 12.8. The van der Waals surface area contributed by atoms with E-state index in [1.807, 2.05) is 0 Å². The van der Waals surface area contributed by atoms with Crippen LogP contribution in [0, 0.1) is 5.41 Å². The molecule has 0 aromatic carbocycles. The third-order valence-electron chi connectivity index (χ3n) is 4.81. The van der Waals surface area contributed by atoms with Crippen LogP contribution in [0.25, 0.3) is 0 Å². The molecule has 2 N–H and O–H groups in total. The van der Waals surface area contributed by atoms with E-state index in [9.17, 15) is 4.79 Å². The predicted octanol–water partition coefficient (Wildman–Crippen LogP) is 3.33. The van der Waals surface area contributed by atoms with Crippen molar-refractivity contribution in [1.82, 2.24) is 5.32 Å². The van der Waals surface area contributed by atoms with Crippen LogP contribution < -0.4 is 5.32 Å². The van der Waals surface area contributed by atoms with Crippen LogP contribution in [-0.2, 0) is 4.79 Å². The maximum atomic E-state index is 11.1. The highest BCUT2D eigenvalue weighted by atomic mass is 16.4. The highest BCUT2D eigenvalue weighted by molar-refractivity contribution is 5.67. The minimum absolute atomic E-state index is 0.0432. The molecule has 0 amide bonds. The Morgan fingerprint density at radius 2 is 1.67 bits per heavy atom. The molecular weight excluding hydrogens is 226 g/mol. The van der Waals surface area contributed by atoms with E-state index in [1.54, 1.807) is 0 Å². The van der Waals surface area contributed by atoms with Gasteiger partial charge < -0.3 is 10.4 Å². The lowest BCUT2D eigenvalue weighted by Gasteiger charge is -2.38. The van der Waals surface area contributed by atoms with Crippen molar-refractivity contribution < 1.29 is 9.90 Å². The number of carboxylic acid groups (broad SMARTS) is 1. The van der Waals surface area contributed by atoms with Crippen molar-refractivity contribution >= 4 is 5.97 Å². The van der Waals surface area contributed by atoms with Gasteiger partial charge in [-0.2, -0.15) is 0 Å². The van der Waals surface area contributed by atoms with Gasteiger partial charge in [-0.05, 0) is 31.1 Å². The van der Waals surface area contributed by atoms with Crippen LogP contribution in [0.15, 0.2) is 0 Å². The van der Waals surface area contributed by atoms with Crippen LogP contribution in [0.4, 0.5) is 0 Å². The van der Waals surface area contributed by atoms with E-state index >= 15 is 0 Å². The molecule has 0 saturated heterocycles. The van der Waals surface area contributed by atoms with E-state index in [1.165, 1.54) is 51.4 Å². The molecular formula is C15H27NO2. The van der Waals surface area contributed by atoms with Crippen molar-refractivity contribution in [3.05, 3.63) is 0 Å². The molecule has 2 aliphatic rings. The minimum atomic E-state index is -0.623. The summed E-state index contributed by atoms with van der Waals surface area (Å²) in [6.45, 7) is 0.921. The molecule has 2 aliphatic carbocycles. The summed E-state index contributed by atoms with van der Waals surface area (Å²) in [7, 11) is 0. The number of carboxylic acids is 1. The minimum Gasteiger partial charge on any atom is -0.481 e. The van der Waals surface area contributed by atoms with Gasteiger partial charge in [-0.25, -0.2) is 0 Å². The Morgan fingerprint density at radius 3 is 2.28 bits per heavy atom. The van der Waals surface area contributed by atoms with Crippen molar-refractivity contribution in [1.29, 1.82) is 0 Å². The van der Waals surface area contributed by atoms with E-state index in [-0.39, 0.29) is 5.41 Å². The molecule has 2 fully saturated rings. The fraction of sp³-hybridized carbons (Fsp3) is 0.933. The van der Waals surface area contributed by atoms with Gasteiger partial charge in [0.15, 0.2) is 0 Å². The Balaban J connectivity index is 1.85. The molecule has 0 bridgehead atoms. The molecule has 0 aromatic rings. The average molecular weight is 253 g/mol. The number of rotatable bonds is 5. The summed E-state index contributed by atoms with van der Waals surface area (Å²) in [5, 5.41) is 12.8. The molecule has 104 valence electrons. The zero-order valence-corrected chi connectivity index (χ0v) is 11.4. The smallest absolute Gasteiger partial charge is 0.303 e. The van der Waals surface area contributed by atoms with Gasteiger partial charge in [0.25, 0.3) is 0 Å². The van der Waals surface area contributed by atoms with Gasteiger partial charge in [0.05, 0.1) is 6.42 Å². The first kappa shape index (κ1) is 13.9. The van der Waals surface area contributed by atoms with Crippen LogP contribution >= 0.6 is 0 Å².